The molecule has 124 valence electrons. The molecule has 0 aliphatic carbocycles. The first-order chi connectivity index (χ1) is 11.0. The minimum absolute atomic E-state index is 0.0868. The number of carbonyl (C=O) groups is 1. The molecule has 3 rings (SSSR count). The zero-order valence-electron chi connectivity index (χ0n) is 12.9. The molecule has 0 unspecified atom stereocenters. The van der Waals surface area contributed by atoms with Crippen LogP contribution in [0.5, 0.6) is 0 Å². The standard InChI is InChI=1S/C16H20ClN3O3/c17-12-1-2-14(20(22)23)13(11-12)15(21)19-9-5-16(6-10-19)3-7-18-8-4-16/h1-2,11,18H,3-10H2. The number of benzene rings is 1. The predicted molar refractivity (Wildman–Crippen MR) is 87.8 cm³/mol. The first-order valence-corrected chi connectivity index (χ1v) is 8.33. The summed E-state index contributed by atoms with van der Waals surface area (Å²) in [5, 5.41) is 14.9. The van der Waals surface area contributed by atoms with Gasteiger partial charge in [-0.3, -0.25) is 14.9 Å². The third-order valence-corrected chi connectivity index (χ3v) is 5.40. The van der Waals surface area contributed by atoms with Crippen molar-refractivity contribution in [3.8, 4) is 0 Å². The lowest BCUT2D eigenvalue weighted by Gasteiger charge is -2.44. The molecule has 1 aromatic carbocycles. The van der Waals surface area contributed by atoms with E-state index in [0.717, 1.165) is 38.8 Å². The Hall–Kier alpha value is -1.66. The fraction of sp³-hybridized carbons (Fsp3) is 0.562. The number of hydrogen-bond donors (Lipinski definition) is 1. The van der Waals surface area contributed by atoms with Crippen LogP contribution in [0, 0.1) is 15.5 Å². The van der Waals surface area contributed by atoms with E-state index in [2.05, 4.69) is 5.32 Å². The molecule has 23 heavy (non-hydrogen) atoms. The highest BCUT2D eigenvalue weighted by Crippen LogP contribution is 2.40. The second-order valence-corrected chi connectivity index (χ2v) is 6.90. The molecule has 1 spiro atoms. The van der Waals surface area contributed by atoms with Gasteiger partial charge in [-0.05, 0) is 56.3 Å². The quantitative estimate of drug-likeness (QED) is 0.665. The van der Waals surface area contributed by atoms with Gasteiger partial charge in [-0.15, -0.1) is 0 Å². The largest absolute Gasteiger partial charge is 0.338 e. The Morgan fingerprint density at radius 1 is 1.22 bits per heavy atom. The van der Waals surface area contributed by atoms with Crippen molar-refractivity contribution in [2.75, 3.05) is 26.2 Å². The number of nitro benzene ring substituents is 1. The fourth-order valence-electron chi connectivity index (χ4n) is 3.65. The maximum Gasteiger partial charge on any atom is 0.282 e. The molecule has 0 bridgehead atoms. The molecule has 0 aromatic heterocycles. The molecule has 1 N–H and O–H groups in total. The molecule has 2 fully saturated rings. The molecule has 1 amide bonds. The Kier molecular flexibility index (Phi) is 4.55. The number of hydrogen-bond acceptors (Lipinski definition) is 4. The lowest BCUT2D eigenvalue weighted by atomic mass is 9.71. The molecule has 6 nitrogen and oxygen atoms in total. The SMILES string of the molecule is O=C(c1cc(Cl)ccc1[N+](=O)[O-])N1CCC2(CCNCC2)CC1. The zero-order chi connectivity index (χ0) is 16.4. The number of nitrogens with zero attached hydrogens (tertiary/aromatic N) is 2. The zero-order valence-corrected chi connectivity index (χ0v) is 13.6. The van der Waals surface area contributed by atoms with E-state index in [4.69, 9.17) is 11.6 Å². The topological polar surface area (TPSA) is 75.5 Å². The van der Waals surface area contributed by atoms with Gasteiger partial charge in [-0.2, -0.15) is 0 Å². The summed E-state index contributed by atoms with van der Waals surface area (Å²) >= 11 is 5.92. The van der Waals surface area contributed by atoms with Crippen LogP contribution in [0.25, 0.3) is 0 Å². The van der Waals surface area contributed by atoms with Gasteiger partial charge >= 0.3 is 0 Å². The van der Waals surface area contributed by atoms with Gasteiger partial charge in [0.2, 0.25) is 0 Å². The molecule has 2 aliphatic rings. The van der Waals surface area contributed by atoms with Gasteiger partial charge in [0.1, 0.15) is 5.56 Å². The minimum atomic E-state index is -0.526. The van der Waals surface area contributed by atoms with Crippen LogP contribution in [0.3, 0.4) is 0 Å². The van der Waals surface area contributed by atoms with E-state index in [1.54, 1.807) is 4.90 Å². The molecular weight excluding hydrogens is 318 g/mol. The molecule has 0 saturated carbocycles. The molecule has 2 heterocycles. The Bertz CT molecular complexity index is 619. The second kappa shape index (κ2) is 6.45. The van der Waals surface area contributed by atoms with E-state index in [0.29, 0.717) is 23.5 Å². The molecule has 1 aromatic rings. The van der Waals surface area contributed by atoms with Crippen molar-refractivity contribution >= 4 is 23.2 Å². The van der Waals surface area contributed by atoms with Crippen molar-refractivity contribution in [1.82, 2.24) is 10.2 Å². The molecular formula is C16H20ClN3O3. The fourth-order valence-corrected chi connectivity index (χ4v) is 3.82. The summed E-state index contributed by atoms with van der Waals surface area (Å²) in [6.45, 7) is 3.38. The van der Waals surface area contributed by atoms with E-state index in [-0.39, 0.29) is 17.2 Å². The summed E-state index contributed by atoms with van der Waals surface area (Å²) in [7, 11) is 0. The third kappa shape index (κ3) is 3.33. The summed E-state index contributed by atoms with van der Waals surface area (Å²) in [6.07, 6.45) is 4.22. The summed E-state index contributed by atoms with van der Waals surface area (Å²) in [5.74, 6) is -0.289. The highest BCUT2D eigenvalue weighted by atomic mass is 35.5. The highest BCUT2D eigenvalue weighted by Gasteiger charge is 2.37. The molecule has 2 saturated heterocycles. The summed E-state index contributed by atoms with van der Waals surface area (Å²) in [6, 6.07) is 4.14. The number of piperidine rings is 2. The van der Waals surface area contributed by atoms with E-state index in [1.807, 2.05) is 0 Å². The van der Waals surface area contributed by atoms with Crippen LogP contribution in [0.1, 0.15) is 36.0 Å². The van der Waals surface area contributed by atoms with Crippen molar-refractivity contribution < 1.29 is 9.72 Å². The maximum absolute atomic E-state index is 12.7. The Balaban J connectivity index is 1.75. The highest BCUT2D eigenvalue weighted by molar-refractivity contribution is 6.31. The second-order valence-electron chi connectivity index (χ2n) is 6.46. The minimum Gasteiger partial charge on any atom is -0.338 e. The lowest BCUT2D eigenvalue weighted by Crippen LogP contribution is -2.47. The van der Waals surface area contributed by atoms with Crippen LogP contribution in [0.15, 0.2) is 18.2 Å². The van der Waals surface area contributed by atoms with Crippen LogP contribution in [0.4, 0.5) is 5.69 Å². The van der Waals surface area contributed by atoms with E-state index < -0.39 is 4.92 Å². The third-order valence-electron chi connectivity index (χ3n) is 5.16. The van der Waals surface area contributed by atoms with Gasteiger partial charge in [-0.1, -0.05) is 11.6 Å². The first-order valence-electron chi connectivity index (χ1n) is 7.95. The number of rotatable bonds is 2. The van der Waals surface area contributed by atoms with Gasteiger partial charge in [-0.25, -0.2) is 0 Å². The first kappa shape index (κ1) is 16.2. The van der Waals surface area contributed by atoms with Crippen LogP contribution in [-0.2, 0) is 0 Å². The molecule has 0 atom stereocenters. The number of halogens is 1. The number of nitrogens with one attached hydrogen (secondary N) is 1. The van der Waals surface area contributed by atoms with Gasteiger partial charge in [0, 0.05) is 24.2 Å². The van der Waals surface area contributed by atoms with Crippen molar-refractivity contribution in [2.24, 2.45) is 5.41 Å². The van der Waals surface area contributed by atoms with Crippen LogP contribution in [-0.4, -0.2) is 41.9 Å². The van der Waals surface area contributed by atoms with Crippen molar-refractivity contribution in [1.29, 1.82) is 0 Å². The van der Waals surface area contributed by atoms with E-state index >= 15 is 0 Å². The Morgan fingerprint density at radius 3 is 2.48 bits per heavy atom. The van der Waals surface area contributed by atoms with Gasteiger partial charge in [0.05, 0.1) is 4.92 Å². The lowest BCUT2D eigenvalue weighted by molar-refractivity contribution is -0.385. The van der Waals surface area contributed by atoms with Gasteiger partial charge in [0.25, 0.3) is 11.6 Å². The monoisotopic (exact) mass is 337 g/mol. The number of carbonyl (C=O) groups excluding carboxylic acids is 1. The van der Waals surface area contributed by atoms with Crippen molar-refractivity contribution in [3.05, 3.63) is 38.9 Å². The predicted octanol–water partition coefficient (Wildman–Crippen LogP) is 2.85. The van der Waals surface area contributed by atoms with Crippen molar-refractivity contribution in [3.63, 3.8) is 0 Å². The van der Waals surface area contributed by atoms with Crippen LogP contribution < -0.4 is 5.32 Å². The van der Waals surface area contributed by atoms with Gasteiger partial charge < -0.3 is 10.2 Å². The summed E-state index contributed by atoms with van der Waals surface area (Å²) < 4.78 is 0. The average molecular weight is 338 g/mol. The van der Waals surface area contributed by atoms with E-state index in [1.165, 1.54) is 18.2 Å². The number of likely N-dealkylation sites (tertiary alicyclic amines) is 1. The molecule has 7 heteroatoms. The normalized spacial score (nSPS) is 20.5. The van der Waals surface area contributed by atoms with Crippen LogP contribution >= 0.6 is 11.6 Å². The van der Waals surface area contributed by atoms with Crippen molar-refractivity contribution in [2.45, 2.75) is 25.7 Å². The number of nitro groups is 1. The Morgan fingerprint density at radius 2 is 1.87 bits per heavy atom. The van der Waals surface area contributed by atoms with Gasteiger partial charge in [0.15, 0.2) is 0 Å². The maximum atomic E-state index is 12.7. The summed E-state index contributed by atoms with van der Waals surface area (Å²) in [4.78, 5) is 25.0. The number of amides is 1. The summed E-state index contributed by atoms with van der Waals surface area (Å²) in [5.41, 5.74) is 0.243. The van der Waals surface area contributed by atoms with Crippen LogP contribution in [0.2, 0.25) is 5.02 Å². The average Bonchev–Trinajstić information content (AvgIpc) is 2.55. The molecule has 2 aliphatic heterocycles. The Labute approximate surface area is 139 Å². The smallest absolute Gasteiger partial charge is 0.282 e. The molecule has 0 radical (unpaired) electrons. The van der Waals surface area contributed by atoms with E-state index in [9.17, 15) is 14.9 Å².